The SMILES string of the molecule is CC1(C)CNc2c[nH]c(=O)cc21.Cl.Cl. The first-order chi connectivity index (χ1) is 5.59. The molecule has 0 saturated heterocycles. The molecular weight excluding hydrogens is 223 g/mol. The highest BCUT2D eigenvalue weighted by molar-refractivity contribution is 5.85. The quantitative estimate of drug-likeness (QED) is 0.724. The zero-order valence-electron chi connectivity index (χ0n) is 8.09. The van der Waals surface area contributed by atoms with Gasteiger partial charge in [0.15, 0.2) is 0 Å². The first-order valence-electron chi connectivity index (χ1n) is 4.07. The van der Waals surface area contributed by atoms with Gasteiger partial charge in [-0.05, 0) is 5.56 Å². The largest absolute Gasteiger partial charge is 0.383 e. The van der Waals surface area contributed by atoms with Crippen LogP contribution in [-0.4, -0.2) is 11.5 Å². The van der Waals surface area contributed by atoms with Crippen molar-refractivity contribution in [2.24, 2.45) is 0 Å². The minimum absolute atomic E-state index is 0. The summed E-state index contributed by atoms with van der Waals surface area (Å²) in [6.45, 7) is 5.16. The molecule has 5 heteroatoms. The Labute approximate surface area is 95.1 Å². The van der Waals surface area contributed by atoms with Crippen LogP contribution in [0.4, 0.5) is 5.69 Å². The van der Waals surface area contributed by atoms with Crippen molar-refractivity contribution in [1.29, 1.82) is 0 Å². The summed E-state index contributed by atoms with van der Waals surface area (Å²) < 4.78 is 0. The van der Waals surface area contributed by atoms with Crippen LogP contribution in [0.25, 0.3) is 0 Å². The maximum Gasteiger partial charge on any atom is 0.248 e. The summed E-state index contributed by atoms with van der Waals surface area (Å²) in [5.74, 6) is 0. The van der Waals surface area contributed by atoms with E-state index in [1.165, 1.54) is 0 Å². The minimum Gasteiger partial charge on any atom is -0.383 e. The third kappa shape index (κ3) is 2.04. The molecule has 2 rings (SSSR count). The maximum atomic E-state index is 11.0. The van der Waals surface area contributed by atoms with Crippen LogP contribution in [0.3, 0.4) is 0 Å². The highest BCUT2D eigenvalue weighted by Crippen LogP contribution is 2.33. The lowest BCUT2D eigenvalue weighted by molar-refractivity contribution is 0.585. The van der Waals surface area contributed by atoms with Crippen LogP contribution in [0, 0.1) is 0 Å². The van der Waals surface area contributed by atoms with Gasteiger partial charge in [-0.15, -0.1) is 24.8 Å². The highest BCUT2D eigenvalue weighted by Gasteiger charge is 2.29. The number of halogens is 2. The number of rotatable bonds is 0. The average Bonchev–Trinajstić information content (AvgIpc) is 2.28. The van der Waals surface area contributed by atoms with Gasteiger partial charge in [0.25, 0.3) is 0 Å². The van der Waals surface area contributed by atoms with Crippen molar-refractivity contribution in [3.05, 3.63) is 28.2 Å². The van der Waals surface area contributed by atoms with E-state index in [2.05, 4.69) is 24.1 Å². The molecule has 0 unspecified atom stereocenters. The van der Waals surface area contributed by atoms with Gasteiger partial charge in [-0.3, -0.25) is 4.79 Å². The van der Waals surface area contributed by atoms with E-state index >= 15 is 0 Å². The van der Waals surface area contributed by atoms with Gasteiger partial charge in [-0.1, -0.05) is 13.8 Å². The van der Waals surface area contributed by atoms with Crippen LogP contribution < -0.4 is 10.9 Å². The second-order valence-corrected chi connectivity index (χ2v) is 3.86. The Morgan fingerprint density at radius 2 is 2.00 bits per heavy atom. The van der Waals surface area contributed by atoms with Crippen molar-refractivity contribution in [2.45, 2.75) is 19.3 Å². The van der Waals surface area contributed by atoms with E-state index in [0.29, 0.717) is 0 Å². The normalized spacial score (nSPS) is 15.9. The van der Waals surface area contributed by atoms with Crippen LogP contribution in [0.1, 0.15) is 19.4 Å². The highest BCUT2D eigenvalue weighted by atomic mass is 35.5. The summed E-state index contributed by atoms with van der Waals surface area (Å²) in [7, 11) is 0. The molecule has 3 nitrogen and oxygen atoms in total. The van der Waals surface area contributed by atoms with Crippen LogP contribution in [-0.2, 0) is 5.41 Å². The van der Waals surface area contributed by atoms with Crippen LogP contribution in [0.5, 0.6) is 0 Å². The number of aromatic amines is 1. The lowest BCUT2D eigenvalue weighted by Gasteiger charge is -2.15. The van der Waals surface area contributed by atoms with E-state index in [1.807, 2.05) is 0 Å². The van der Waals surface area contributed by atoms with Gasteiger partial charge >= 0.3 is 0 Å². The second-order valence-electron chi connectivity index (χ2n) is 3.86. The minimum atomic E-state index is -0.0227. The number of H-pyrrole nitrogens is 1. The van der Waals surface area contributed by atoms with E-state index in [9.17, 15) is 4.79 Å². The molecule has 0 atom stereocenters. The number of pyridine rings is 1. The van der Waals surface area contributed by atoms with Crippen LogP contribution >= 0.6 is 24.8 Å². The van der Waals surface area contributed by atoms with Crippen molar-refractivity contribution >= 4 is 30.5 Å². The van der Waals surface area contributed by atoms with E-state index in [1.54, 1.807) is 12.3 Å². The molecular formula is C9H14Cl2N2O. The van der Waals surface area contributed by atoms with E-state index in [-0.39, 0.29) is 35.8 Å². The number of nitrogens with one attached hydrogen (secondary N) is 2. The molecule has 2 N–H and O–H groups in total. The monoisotopic (exact) mass is 236 g/mol. The molecule has 1 aliphatic heterocycles. The van der Waals surface area contributed by atoms with Gasteiger partial charge in [0.2, 0.25) is 5.56 Å². The van der Waals surface area contributed by atoms with Gasteiger partial charge in [0, 0.05) is 24.2 Å². The molecule has 0 saturated carbocycles. The molecule has 2 heterocycles. The fraction of sp³-hybridized carbons (Fsp3) is 0.444. The van der Waals surface area contributed by atoms with E-state index in [4.69, 9.17) is 0 Å². The Kier molecular flexibility index (Phi) is 4.03. The summed E-state index contributed by atoms with van der Waals surface area (Å²) in [6, 6.07) is 1.68. The fourth-order valence-corrected chi connectivity index (χ4v) is 1.59. The first-order valence-corrected chi connectivity index (χ1v) is 4.07. The van der Waals surface area contributed by atoms with Crippen LogP contribution in [0.15, 0.2) is 17.1 Å². The fourth-order valence-electron chi connectivity index (χ4n) is 1.59. The van der Waals surface area contributed by atoms with Crippen molar-refractivity contribution in [2.75, 3.05) is 11.9 Å². The molecule has 1 aliphatic rings. The van der Waals surface area contributed by atoms with Crippen molar-refractivity contribution in [3.8, 4) is 0 Å². The summed E-state index contributed by atoms with van der Waals surface area (Å²) in [6.07, 6.45) is 1.74. The molecule has 1 aromatic rings. The third-order valence-corrected chi connectivity index (χ3v) is 2.37. The van der Waals surface area contributed by atoms with Crippen LogP contribution in [0.2, 0.25) is 0 Å². The van der Waals surface area contributed by atoms with E-state index < -0.39 is 0 Å². The maximum absolute atomic E-state index is 11.0. The zero-order chi connectivity index (χ0) is 8.77. The molecule has 1 aromatic heterocycles. The van der Waals surface area contributed by atoms with Gasteiger partial charge in [0.05, 0.1) is 5.69 Å². The molecule has 0 radical (unpaired) electrons. The zero-order valence-corrected chi connectivity index (χ0v) is 9.72. The van der Waals surface area contributed by atoms with E-state index in [0.717, 1.165) is 17.8 Å². The molecule has 0 fully saturated rings. The Morgan fingerprint density at radius 3 is 2.64 bits per heavy atom. The molecule has 0 aliphatic carbocycles. The smallest absolute Gasteiger partial charge is 0.248 e. The van der Waals surface area contributed by atoms with Crippen molar-refractivity contribution in [1.82, 2.24) is 4.98 Å². The lowest BCUT2D eigenvalue weighted by atomic mass is 9.88. The number of fused-ring (bicyclic) bond motifs is 1. The molecule has 0 bridgehead atoms. The predicted molar refractivity (Wildman–Crippen MR) is 63.1 cm³/mol. The summed E-state index contributed by atoms with van der Waals surface area (Å²) in [5.41, 5.74) is 2.24. The van der Waals surface area contributed by atoms with Crippen molar-refractivity contribution in [3.63, 3.8) is 0 Å². The van der Waals surface area contributed by atoms with Gasteiger partial charge in [-0.2, -0.15) is 0 Å². The first kappa shape index (κ1) is 13.3. The number of hydrogen-bond acceptors (Lipinski definition) is 2. The molecule has 80 valence electrons. The Hall–Kier alpha value is -0.670. The summed E-state index contributed by atoms with van der Waals surface area (Å²) in [4.78, 5) is 13.7. The molecule has 14 heavy (non-hydrogen) atoms. The van der Waals surface area contributed by atoms with Gasteiger partial charge < -0.3 is 10.3 Å². The summed E-state index contributed by atoms with van der Waals surface area (Å²) in [5, 5.41) is 3.25. The molecule has 0 amide bonds. The average molecular weight is 237 g/mol. The number of anilines is 1. The molecule has 0 spiro atoms. The third-order valence-electron chi connectivity index (χ3n) is 2.37. The second kappa shape index (κ2) is 4.24. The standard InChI is InChI=1S/C9H12N2O.2ClH/c1-9(2)5-11-7-4-10-8(12)3-6(7)9;;/h3-4,11H,5H2,1-2H3,(H,10,12);2*1H. The van der Waals surface area contributed by atoms with Crippen molar-refractivity contribution < 1.29 is 0 Å². The van der Waals surface area contributed by atoms with Gasteiger partial charge in [-0.25, -0.2) is 0 Å². The van der Waals surface area contributed by atoms with Gasteiger partial charge in [0.1, 0.15) is 0 Å². The molecule has 0 aromatic carbocycles. The topological polar surface area (TPSA) is 44.9 Å². The lowest BCUT2D eigenvalue weighted by Crippen LogP contribution is -2.20. The summed E-state index contributed by atoms with van der Waals surface area (Å²) >= 11 is 0. The Balaban J connectivity index is 0.000000845. The number of aromatic nitrogens is 1. The number of hydrogen-bond donors (Lipinski definition) is 2. The predicted octanol–water partition coefficient (Wildman–Crippen LogP) is 1.92. The Morgan fingerprint density at radius 1 is 1.36 bits per heavy atom. The Bertz CT molecular complexity index is 373.